The Balaban J connectivity index is 1.76. The van der Waals surface area contributed by atoms with E-state index < -0.39 is 0 Å². The molecular formula is C13H14INO3. The van der Waals surface area contributed by atoms with Gasteiger partial charge in [-0.05, 0) is 53.6 Å². The Morgan fingerprint density at radius 2 is 2.17 bits per heavy atom. The maximum atomic E-state index is 11.6. The van der Waals surface area contributed by atoms with E-state index in [1.54, 1.807) is 6.07 Å². The molecule has 1 aliphatic rings. The Kier molecular flexibility index (Phi) is 4.57. The molecule has 5 heteroatoms. The third-order valence-electron chi connectivity index (χ3n) is 2.89. The summed E-state index contributed by atoms with van der Waals surface area (Å²) in [5, 5.41) is 2.69. The van der Waals surface area contributed by atoms with Crippen LogP contribution in [0.25, 0.3) is 0 Å². The van der Waals surface area contributed by atoms with E-state index in [1.807, 2.05) is 18.2 Å². The number of amides is 1. The predicted molar refractivity (Wildman–Crippen MR) is 76.1 cm³/mol. The van der Waals surface area contributed by atoms with Crippen LogP contribution in [-0.4, -0.2) is 18.5 Å². The molecule has 1 aromatic rings. The second-order valence-electron chi connectivity index (χ2n) is 4.29. The van der Waals surface area contributed by atoms with Crippen molar-refractivity contribution in [1.29, 1.82) is 0 Å². The van der Waals surface area contributed by atoms with Crippen LogP contribution in [0.3, 0.4) is 0 Å². The number of carbonyl (C=O) groups excluding carboxylic acids is 2. The molecule has 1 fully saturated rings. The van der Waals surface area contributed by atoms with Gasteiger partial charge in [0.25, 0.3) is 5.91 Å². The van der Waals surface area contributed by atoms with Crippen molar-refractivity contribution < 1.29 is 14.3 Å². The van der Waals surface area contributed by atoms with Gasteiger partial charge in [0.05, 0.1) is 5.92 Å². The Bertz CT molecular complexity index is 457. The standard InChI is InChI=1S/C13H14INO3/c14-10-5-2-6-11(7-10)15-12(16)8-18-13(17)9-3-1-4-9/h2,5-7,9H,1,3-4,8H2,(H,15,16). The first-order chi connectivity index (χ1) is 8.65. The first-order valence-electron chi connectivity index (χ1n) is 5.87. The van der Waals surface area contributed by atoms with Crippen molar-refractivity contribution >= 4 is 40.2 Å². The van der Waals surface area contributed by atoms with Crippen molar-refractivity contribution in [1.82, 2.24) is 0 Å². The van der Waals surface area contributed by atoms with Crippen LogP contribution >= 0.6 is 22.6 Å². The number of nitrogens with one attached hydrogen (secondary N) is 1. The van der Waals surface area contributed by atoms with Crippen LogP contribution < -0.4 is 5.32 Å². The molecule has 1 aliphatic carbocycles. The third-order valence-corrected chi connectivity index (χ3v) is 3.56. The second kappa shape index (κ2) is 6.17. The minimum absolute atomic E-state index is 0.00970. The fraction of sp³-hybridized carbons (Fsp3) is 0.385. The van der Waals surface area contributed by atoms with E-state index in [-0.39, 0.29) is 24.4 Å². The Morgan fingerprint density at radius 1 is 1.39 bits per heavy atom. The number of halogens is 1. The summed E-state index contributed by atoms with van der Waals surface area (Å²) >= 11 is 2.17. The summed E-state index contributed by atoms with van der Waals surface area (Å²) < 4.78 is 6.00. The molecule has 0 aromatic heterocycles. The van der Waals surface area contributed by atoms with Crippen LogP contribution in [0, 0.1) is 9.49 Å². The lowest BCUT2D eigenvalue weighted by Gasteiger charge is -2.22. The lowest BCUT2D eigenvalue weighted by Crippen LogP contribution is -2.28. The van der Waals surface area contributed by atoms with E-state index in [0.29, 0.717) is 5.69 Å². The Hall–Kier alpha value is -1.11. The maximum Gasteiger partial charge on any atom is 0.309 e. The number of benzene rings is 1. The molecule has 0 atom stereocenters. The molecule has 0 saturated heterocycles. The first kappa shape index (κ1) is 13.3. The summed E-state index contributed by atoms with van der Waals surface area (Å²) in [6, 6.07) is 7.45. The zero-order valence-electron chi connectivity index (χ0n) is 9.82. The number of esters is 1. The molecule has 1 amide bonds. The Morgan fingerprint density at radius 3 is 2.78 bits per heavy atom. The molecular weight excluding hydrogens is 345 g/mol. The van der Waals surface area contributed by atoms with Gasteiger partial charge >= 0.3 is 5.97 Å². The van der Waals surface area contributed by atoms with E-state index in [2.05, 4.69) is 27.9 Å². The van der Waals surface area contributed by atoms with Crippen LogP contribution in [0.2, 0.25) is 0 Å². The average Bonchev–Trinajstić information content (AvgIpc) is 2.24. The monoisotopic (exact) mass is 359 g/mol. The van der Waals surface area contributed by atoms with E-state index in [1.165, 1.54) is 0 Å². The van der Waals surface area contributed by atoms with Crippen molar-refractivity contribution in [2.24, 2.45) is 5.92 Å². The zero-order valence-corrected chi connectivity index (χ0v) is 12.0. The largest absolute Gasteiger partial charge is 0.455 e. The van der Waals surface area contributed by atoms with Gasteiger partial charge in [-0.3, -0.25) is 9.59 Å². The van der Waals surface area contributed by atoms with Gasteiger partial charge in [-0.1, -0.05) is 12.5 Å². The molecule has 0 aliphatic heterocycles. The molecule has 0 radical (unpaired) electrons. The third kappa shape index (κ3) is 3.69. The zero-order chi connectivity index (χ0) is 13.0. The minimum atomic E-state index is -0.301. The number of anilines is 1. The van der Waals surface area contributed by atoms with Gasteiger partial charge < -0.3 is 10.1 Å². The highest BCUT2D eigenvalue weighted by Crippen LogP contribution is 2.27. The minimum Gasteiger partial charge on any atom is -0.455 e. The van der Waals surface area contributed by atoms with Gasteiger partial charge in [0.1, 0.15) is 0 Å². The highest BCUT2D eigenvalue weighted by atomic mass is 127. The topological polar surface area (TPSA) is 55.4 Å². The summed E-state index contributed by atoms with van der Waals surface area (Å²) in [4.78, 5) is 23.0. The lowest BCUT2D eigenvalue weighted by atomic mass is 9.86. The van der Waals surface area contributed by atoms with Crippen LogP contribution in [0.1, 0.15) is 19.3 Å². The molecule has 96 valence electrons. The van der Waals surface area contributed by atoms with Gasteiger partial charge in [-0.15, -0.1) is 0 Å². The molecule has 18 heavy (non-hydrogen) atoms. The second-order valence-corrected chi connectivity index (χ2v) is 5.54. The molecule has 4 nitrogen and oxygen atoms in total. The van der Waals surface area contributed by atoms with Gasteiger partial charge in [0.2, 0.25) is 0 Å². The Labute approximate surface area is 119 Å². The maximum absolute atomic E-state index is 11.6. The average molecular weight is 359 g/mol. The van der Waals surface area contributed by atoms with Gasteiger partial charge in [0.15, 0.2) is 6.61 Å². The lowest BCUT2D eigenvalue weighted by molar-refractivity contribution is -0.154. The summed E-state index contributed by atoms with van der Waals surface area (Å²) in [7, 11) is 0. The molecule has 1 saturated carbocycles. The molecule has 0 spiro atoms. The molecule has 1 aromatic carbocycles. The smallest absolute Gasteiger partial charge is 0.309 e. The quantitative estimate of drug-likeness (QED) is 0.664. The number of hydrogen-bond donors (Lipinski definition) is 1. The highest BCUT2D eigenvalue weighted by Gasteiger charge is 2.27. The van der Waals surface area contributed by atoms with Crippen LogP contribution in [0.15, 0.2) is 24.3 Å². The van der Waals surface area contributed by atoms with Crippen LogP contribution in [-0.2, 0) is 14.3 Å². The van der Waals surface area contributed by atoms with Crippen molar-refractivity contribution in [3.63, 3.8) is 0 Å². The van der Waals surface area contributed by atoms with E-state index in [0.717, 1.165) is 22.8 Å². The van der Waals surface area contributed by atoms with Crippen molar-refractivity contribution in [2.75, 3.05) is 11.9 Å². The highest BCUT2D eigenvalue weighted by molar-refractivity contribution is 14.1. The number of hydrogen-bond acceptors (Lipinski definition) is 3. The number of carbonyl (C=O) groups is 2. The van der Waals surface area contributed by atoms with Crippen LogP contribution in [0.5, 0.6) is 0 Å². The number of ether oxygens (including phenoxy) is 1. The molecule has 2 rings (SSSR count). The summed E-state index contributed by atoms with van der Waals surface area (Å²) in [6.07, 6.45) is 2.85. The first-order valence-corrected chi connectivity index (χ1v) is 6.95. The predicted octanol–water partition coefficient (Wildman–Crippen LogP) is 2.57. The summed E-state index contributed by atoms with van der Waals surface area (Å²) in [5.41, 5.74) is 0.714. The fourth-order valence-electron chi connectivity index (χ4n) is 1.66. The molecule has 0 heterocycles. The normalized spacial score (nSPS) is 14.7. The van der Waals surface area contributed by atoms with Crippen molar-refractivity contribution in [2.45, 2.75) is 19.3 Å². The SMILES string of the molecule is O=C(COC(=O)C1CCC1)Nc1cccc(I)c1. The summed E-state index contributed by atoms with van der Waals surface area (Å²) in [5.74, 6) is -0.542. The van der Waals surface area contributed by atoms with Crippen molar-refractivity contribution in [3.05, 3.63) is 27.8 Å². The van der Waals surface area contributed by atoms with Gasteiger partial charge in [-0.2, -0.15) is 0 Å². The van der Waals surface area contributed by atoms with Crippen molar-refractivity contribution in [3.8, 4) is 0 Å². The molecule has 1 N–H and O–H groups in total. The van der Waals surface area contributed by atoms with E-state index >= 15 is 0 Å². The fourth-order valence-corrected chi connectivity index (χ4v) is 2.20. The van der Waals surface area contributed by atoms with E-state index in [9.17, 15) is 9.59 Å². The summed E-state index contributed by atoms with van der Waals surface area (Å²) in [6.45, 7) is -0.208. The van der Waals surface area contributed by atoms with E-state index in [4.69, 9.17) is 4.74 Å². The number of rotatable bonds is 4. The molecule has 0 unspecified atom stereocenters. The molecule has 0 bridgehead atoms. The van der Waals surface area contributed by atoms with Gasteiger partial charge in [-0.25, -0.2) is 0 Å². The van der Waals surface area contributed by atoms with Gasteiger partial charge in [0, 0.05) is 9.26 Å². The van der Waals surface area contributed by atoms with Crippen LogP contribution in [0.4, 0.5) is 5.69 Å².